The molecule has 4 heterocycles. The molecule has 2 aliphatic rings. The number of piperazine rings is 1. The molecule has 2 aromatic heterocycles. The van der Waals surface area contributed by atoms with Crippen molar-refractivity contribution in [2.24, 2.45) is 0 Å². The van der Waals surface area contributed by atoms with Gasteiger partial charge in [0, 0.05) is 57.2 Å². The predicted molar refractivity (Wildman–Crippen MR) is 114 cm³/mol. The van der Waals surface area contributed by atoms with E-state index in [1.807, 2.05) is 6.20 Å². The molecule has 0 amide bonds. The summed E-state index contributed by atoms with van der Waals surface area (Å²) in [6.07, 6.45) is 6.13. The zero-order valence-corrected chi connectivity index (χ0v) is 16.5. The average molecular weight is 377 g/mol. The van der Waals surface area contributed by atoms with Crippen LogP contribution in [0.2, 0.25) is 0 Å². The van der Waals surface area contributed by atoms with E-state index in [9.17, 15) is 0 Å². The number of aryl methyl sites for hydroxylation is 1. The van der Waals surface area contributed by atoms with Gasteiger partial charge in [0.05, 0.1) is 5.39 Å². The quantitative estimate of drug-likeness (QED) is 0.761. The van der Waals surface area contributed by atoms with Crippen LogP contribution in [0.25, 0.3) is 11.0 Å². The fourth-order valence-corrected chi connectivity index (χ4v) is 4.80. The van der Waals surface area contributed by atoms with E-state index >= 15 is 0 Å². The summed E-state index contributed by atoms with van der Waals surface area (Å²) in [5.41, 5.74) is 3.70. The Morgan fingerprint density at radius 1 is 0.964 bits per heavy atom. The van der Waals surface area contributed by atoms with Crippen LogP contribution < -0.4 is 9.80 Å². The molecule has 0 saturated carbocycles. The molecule has 146 valence electrons. The number of fused-ring (bicyclic) bond motifs is 1. The van der Waals surface area contributed by atoms with Gasteiger partial charge < -0.3 is 14.8 Å². The third-order valence-electron chi connectivity index (χ3n) is 6.32. The average Bonchev–Trinajstić information content (AvgIpc) is 3.23. The van der Waals surface area contributed by atoms with E-state index in [4.69, 9.17) is 0 Å². The standard InChI is InChI=1S/C22H28N6/c1-17-5-2-3-7-20(17)27-13-11-26(12-14-27)18-6-4-10-28(15-18)22-19-8-9-23-21(19)24-16-25-22/h2-3,5,7-9,16,18H,4,6,10-15H2,1H3,(H,23,24,25)/t18-/m1/s1. The number of hydrogen-bond donors (Lipinski definition) is 1. The largest absolute Gasteiger partial charge is 0.369 e. The topological polar surface area (TPSA) is 51.3 Å². The van der Waals surface area contributed by atoms with E-state index in [0.29, 0.717) is 6.04 Å². The van der Waals surface area contributed by atoms with E-state index < -0.39 is 0 Å². The highest BCUT2D eigenvalue weighted by Crippen LogP contribution is 2.28. The van der Waals surface area contributed by atoms with E-state index in [-0.39, 0.29) is 0 Å². The lowest BCUT2D eigenvalue weighted by atomic mass is 10.0. The fraction of sp³-hybridized carbons (Fsp3) is 0.455. The first kappa shape index (κ1) is 17.5. The summed E-state index contributed by atoms with van der Waals surface area (Å²) < 4.78 is 0. The summed E-state index contributed by atoms with van der Waals surface area (Å²) in [5.74, 6) is 1.08. The third-order valence-corrected chi connectivity index (χ3v) is 6.32. The Balaban J connectivity index is 1.26. The lowest BCUT2D eigenvalue weighted by Gasteiger charge is -2.44. The lowest BCUT2D eigenvalue weighted by molar-refractivity contribution is 0.166. The summed E-state index contributed by atoms with van der Waals surface area (Å²) >= 11 is 0. The van der Waals surface area contributed by atoms with Gasteiger partial charge in [-0.15, -0.1) is 0 Å². The van der Waals surface area contributed by atoms with Crippen molar-refractivity contribution < 1.29 is 0 Å². The molecule has 0 radical (unpaired) electrons. The smallest absolute Gasteiger partial charge is 0.142 e. The Hall–Kier alpha value is -2.60. The zero-order chi connectivity index (χ0) is 18.9. The maximum atomic E-state index is 4.61. The van der Waals surface area contributed by atoms with Crippen LogP contribution in [0.1, 0.15) is 18.4 Å². The van der Waals surface area contributed by atoms with Gasteiger partial charge in [0.15, 0.2) is 0 Å². The van der Waals surface area contributed by atoms with Crippen molar-refractivity contribution in [1.29, 1.82) is 0 Å². The van der Waals surface area contributed by atoms with Crippen LogP contribution in [0.4, 0.5) is 11.5 Å². The molecular weight excluding hydrogens is 348 g/mol. The van der Waals surface area contributed by atoms with Crippen molar-refractivity contribution >= 4 is 22.5 Å². The van der Waals surface area contributed by atoms with E-state index in [1.165, 1.54) is 24.1 Å². The zero-order valence-electron chi connectivity index (χ0n) is 16.5. The highest BCUT2D eigenvalue weighted by molar-refractivity contribution is 5.87. The van der Waals surface area contributed by atoms with E-state index in [2.05, 4.69) is 66.9 Å². The molecule has 2 aliphatic heterocycles. The van der Waals surface area contributed by atoms with Gasteiger partial charge in [-0.3, -0.25) is 4.90 Å². The molecule has 2 fully saturated rings. The van der Waals surface area contributed by atoms with Crippen LogP contribution >= 0.6 is 0 Å². The second-order valence-electron chi connectivity index (χ2n) is 7.99. The molecule has 1 N–H and O–H groups in total. The molecule has 0 spiro atoms. The molecular formula is C22H28N6. The Bertz CT molecular complexity index is 943. The number of para-hydroxylation sites is 1. The minimum atomic E-state index is 0.608. The number of hydrogen-bond acceptors (Lipinski definition) is 5. The fourth-order valence-electron chi connectivity index (χ4n) is 4.80. The van der Waals surface area contributed by atoms with Gasteiger partial charge in [0.2, 0.25) is 0 Å². The second-order valence-corrected chi connectivity index (χ2v) is 7.99. The van der Waals surface area contributed by atoms with Crippen molar-refractivity contribution in [1.82, 2.24) is 19.9 Å². The number of benzene rings is 1. The molecule has 5 rings (SSSR count). The van der Waals surface area contributed by atoms with Crippen molar-refractivity contribution in [3.63, 3.8) is 0 Å². The summed E-state index contributed by atoms with van der Waals surface area (Å²) in [4.78, 5) is 19.8. The maximum absolute atomic E-state index is 4.61. The number of nitrogens with one attached hydrogen (secondary N) is 1. The highest BCUT2D eigenvalue weighted by Gasteiger charge is 2.29. The molecule has 0 aliphatic carbocycles. The summed E-state index contributed by atoms with van der Waals surface area (Å²) in [7, 11) is 0. The Morgan fingerprint density at radius 3 is 2.68 bits per heavy atom. The number of aromatic nitrogens is 3. The van der Waals surface area contributed by atoms with Crippen LogP contribution in [0.3, 0.4) is 0 Å². The molecule has 28 heavy (non-hydrogen) atoms. The summed E-state index contributed by atoms with van der Waals surface area (Å²) in [5, 5.41) is 1.13. The first-order valence-corrected chi connectivity index (χ1v) is 10.4. The summed E-state index contributed by atoms with van der Waals surface area (Å²) in [6.45, 7) is 8.84. The number of rotatable bonds is 3. The van der Waals surface area contributed by atoms with Gasteiger partial charge in [0.25, 0.3) is 0 Å². The maximum Gasteiger partial charge on any atom is 0.142 e. The Morgan fingerprint density at radius 2 is 1.82 bits per heavy atom. The van der Waals surface area contributed by atoms with E-state index in [0.717, 1.165) is 56.1 Å². The number of H-pyrrole nitrogens is 1. The Labute approximate surface area is 166 Å². The van der Waals surface area contributed by atoms with Crippen LogP contribution in [-0.2, 0) is 0 Å². The molecule has 1 aromatic carbocycles. The van der Waals surface area contributed by atoms with Crippen LogP contribution in [0.15, 0.2) is 42.9 Å². The minimum absolute atomic E-state index is 0.608. The lowest BCUT2D eigenvalue weighted by Crippen LogP contribution is -2.55. The predicted octanol–water partition coefficient (Wildman–Crippen LogP) is 3.06. The SMILES string of the molecule is Cc1ccccc1N1CCN([C@@H]2CCCN(c3ncnc4[nH]ccc34)C2)CC1. The molecule has 3 aromatic rings. The van der Waals surface area contributed by atoms with Gasteiger partial charge in [-0.2, -0.15) is 0 Å². The van der Waals surface area contributed by atoms with Gasteiger partial charge in [-0.25, -0.2) is 9.97 Å². The molecule has 1 atom stereocenters. The van der Waals surface area contributed by atoms with Gasteiger partial charge in [-0.05, 0) is 37.5 Å². The normalized spacial score (nSPS) is 21.4. The summed E-state index contributed by atoms with van der Waals surface area (Å²) in [6, 6.07) is 11.4. The number of aromatic amines is 1. The van der Waals surface area contributed by atoms with Gasteiger partial charge in [0.1, 0.15) is 17.8 Å². The highest BCUT2D eigenvalue weighted by atomic mass is 15.3. The van der Waals surface area contributed by atoms with Gasteiger partial charge in [-0.1, -0.05) is 18.2 Å². The number of piperidine rings is 1. The van der Waals surface area contributed by atoms with Gasteiger partial charge >= 0.3 is 0 Å². The minimum Gasteiger partial charge on any atom is -0.369 e. The third kappa shape index (κ3) is 3.22. The van der Waals surface area contributed by atoms with Crippen LogP contribution in [0.5, 0.6) is 0 Å². The van der Waals surface area contributed by atoms with Crippen LogP contribution in [0, 0.1) is 6.92 Å². The van der Waals surface area contributed by atoms with E-state index in [1.54, 1.807) is 6.33 Å². The van der Waals surface area contributed by atoms with Crippen molar-refractivity contribution in [2.75, 3.05) is 49.1 Å². The van der Waals surface area contributed by atoms with Crippen molar-refractivity contribution in [2.45, 2.75) is 25.8 Å². The molecule has 0 unspecified atom stereocenters. The first-order chi connectivity index (χ1) is 13.8. The monoisotopic (exact) mass is 376 g/mol. The van der Waals surface area contributed by atoms with Crippen molar-refractivity contribution in [3.05, 3.63) is 48.4 Å². The first-order valence-electron chi connectivity index (χ1n) is 10.4. The number of anilines is 2. The molecule has 0 bridgehead atoms. The number of nitrogens with zero attached hydrogens (tertiary/aromatic N) is 5. The second kappa shape index (κ2) is 7.43. The molecule has 6 heteroatoms. The van der Waals surface area contributed by atoms with Crippen molar-refractivity contribution in [3.8, 4) is 0 Å². The molecule has 6 nitrogen and oxygen atoms in total. The van der Waals surface area contributed by atoms with Crippen LogP contribution in [-0.4, -0.2) is 65.2 Å². The Kier molecular flexibility index (Phi) is 4.64. The molecule has 2 saturated heterocycles.